The van der Waals surface area contributed by atoms with Gasteiger partial charge in [-0.15, -0.1) is 0 Å². The zero-order chi connectivity index (χ0) is 11.1. The molecule has 2 N–H and O–H groups in total. The van der Waals surface area contributed by atoms with Crippen LogP contribution >= 0.6 is 11.8 Å². The summed E-state index contributed by atoms with van der Waals surface area (Å²) in [6.07, 6.45) is 3.00. The molecule has 1 aromatic rings. The molecule has 15 heavy (non-hydrogen) atoms. The van der Waals surface area contributed by atoms with Crippen molar-refractivity contribution >= 4 is 11.8 Å². The summed E-state index contributed by atoms with van der Waals surface area (Å²) in [5.41, 5.74) is 6.99. The largest absolute Gasteiger partial charge is 0.493 e. The van der Waals surface area contributed by atoms with Gasteiger partial charge in [0.05, 0.1) is 6.61 Å². The van der Waals surface area contributed by atoms with Crippen molar-refractivity contribution in [3.05, 3.63) is 29.8 Å². The molecule has 0 saturated carbocycles. The summed E-state index contributed by atoms with van der Waals surface area (Å²) < 4.78 is 5.55. The Labute approximate surface area is 96.2 Å². The lowest BCUT2D eigenvalue weighted by atomic mass is 10.1. The lowest BCUT2D eigenvalue weighted by Gasteiger charge is -2.07. The van der Waals surface area contributed by atoms with Crippen LogP contribution in [0.5, 0.6) is 5.75 Å². The Hall–Kier alpha value is -0.670. The summed E-state index contributed by atoms with van der Waals surface area (Å²) in [6, 6.07) is 8.40. The molecule has 84 valence electrons. The molecule has 0 aliphatic rings. The normalized spacial score (nSPS) is 12.5. The maximum absolute atomic E-state index is 5.73. The van der Waals surface area contributed by atoms with Crippen LogP contribution < -0.4 is 10.5 Å². The summed E-state index contributed by atoms with van der Waals surface area (Å²) in [5.74, 6) is 1.97. The highest BCUT2D eigenvalue weighted by atomic mass is 32.2. The van der Waals surface area contributed by atoms with Gasteiger partial charge in [0.15, 0.2) is 0 Å². The second kappa shape index (κ2) is 6.75. The zero-order valence-corrected chi connectivity index (χ0v) is 10.2. The molecule has 0 radical (unpaired) electrons. The predicted octanol–water partition coefficient (Wildman–Crippen LogP) is 2.32. The van der Waals surface area contributed by atoms with E-state index in [1.807, 2.05) is 19.1 Å². The minimum atomic E-state index is 0.216. The van der Waals surface area contributed by atoms with Crippen LogP contribution in [0.2, 0.25) is 0 Å². The first-order valence-corrected chi connectivity index (χ1v) is 6.58. The van der Waals surface area contributed by atoms with Gasteiger partial charge in [0.2, 0.25) is 0 Å². The van der Waals surface area contributed by atoms with Crippen molar-refractivity contribution in [1.82, 2.24) is 0 Å². The average molecular weight is 225 g/mol. The summed E-state index contributed by atoms with van der Waals surface area (Å²) in [4.78, 5) is 0. The quantitative estimate of drug-likeness (QED) is 0.755. The number of thioether (sulfide) groups is 1. The standard InChI is InChI=1S/C12H19NOS/c1-10(13)9-11-3-5-12(6-4-11)14-7-8-15-2/h3-6,10H,7-9,13H2,1-2H3. The van der Waals surface area contributed by atoms with Crippen LogP contribution in [-0.4, -0.2) is 24.7 Å². The molecule has 0 spiro atoms. The van der Waals surface area contributed by atoms with Crippen LogP contribution in [0.4, 0.5) is 0 Å². The van der Waals surface area contributed by atoms with Gasteiger partial charge < -0.3 is 10.5 Å². The Balaban J connectivity index is 2.42. The molecular formula is C12H19NOS. The van der Waals surface area contributed by atoms with Gasteiger partial charge in [-0.25, -0.2) is 0 Å². The van der Waals surface area contributed by atoms with Crippen LogP contribution in [0.3, 0.4) is 0 Å². The fraction of sp³-hybridized carbons (Fsp3) is 0.500. The highest BCUT2D eigenvalue weighted by molar-refractivity contribution is 7.98. The number of hydrogen-bond donors (Lipinski definition) is 1. The van der Waals surface area contributed by atoms with Gasteiger partial charge in [0.1, 0.15) is 5.75 Å². The van der Waals surface area contributed by atoms with Crippen LogP contribution in [0.15, 0.2) is 24.3 Å². The molecule has 0 saturated heterocycles. The lowest BCUT2D eigenvalue weighted by molar-refractivity contribution is 0.344. The molecule has 0 aliphatic heterocycles. The molecule has 0 aromatic heterocycles. The molecule has 0 amide bonds. The molecule has 1 rings (SSSR count). The Kier molecular flexibility index (Phi) is 5.58. The fourth-order valence-corrected chi connectivity index (χ4v) is 1.59. The Morgan fingerprint density at radius 2 is 2.00 bits per heavy atom. The van der Waals surface area contributed by atoms with E-state index < -0.39 is 0 Å². The maximum atomic E-state index is 5.73. The number of hydrogen-bond acceptors (Lipinski definition) is 3. The van der Waals surface area contributed by atoms with Crippen LogP contribution in [0.1, 0.15) is 12.5 Å². The van der Waals surface area contributed by atoms with Gasteiger partial charge in [-0.3, -0.25) is 0 Å². The molecule has 1 aromatic carbocycles. The van der Waals surface area contributed by atoms with E-state index in [2.05, 4.69) is 18.4 Å². The maximum Gasteiger partial charge on any atom is 0.119 e. The molecule has 2 nitrogen and oxygen atoms in total. The van der Waals surface area contributed by atoms with Crippen molar-refractivity contribution < 1.29 is 4.74 Å². The van der Waals surface area contributed by atoms with Crippen molar-refractivity contribution in [2.45, 2.75) is 19.4 Å². The third-order valence-electron chi connectivity index (χ3n) is 2.04. The van der Waals surface area contributed by atoms with Crippen LogP contribution in [-0.2, 0) is 6.42 Å². The second-order valence-electron chi connectivity index (χ2n) is 3.67. The van der Waals surface area contributed by atoms with E-state index in [4.69, 9.17) is 10.5 Å². The van der Waals surface area contributed by atoms with E-state index >= 15 is 0 Å². The predicted molar refractivity (Wildman–Crippen MR) is 67.7 cm³/mol. The molecule has 3 heteroatoms. The Morgan fingerprint density at radius 1 is 1.33 bits per heavy atom. The van der Waals surface area contributed by atoms with Gasteiger partial charge in [0.25, 0.3) is 0 Å². The first kappa shape index (κ1) is 12.4. The third-order valence-corrected chi connectivity index (χ3v) is 2.61. The van der Waals surface area contributed by atoms with Crippen LogP contribution in [0.25, 0.3) is 0 Å². The smallest absolute Gasteiger partial charge is 0.119 e. The van der Waals surface area contributed by atoms with Gasteiger partial charge in [-0.1, -0.05) is 12.1 Å². The number of ether oxygens (including phenoxy) is 1. The van der Waals surface area contributed by atoms with Crippen molar-refractivity contribution in [3.8, 4) is 5.75 Å². The fourth-order valence-electron chi connectivity index (χ4n) is 1.34. The number of benzene rings is 1. The summed E-state index contributed by atoms with van der Waals surface area (Å²) in [5, 5.41) is 0. The number of nitrogens with two attached hydrogens (primary N) is 1. The highest BCUT2D eigenvalue weighted by Crippen LogP contribution is 2.13. The summed E-state index contributed by atoms with van der Waals surface area (Å²) >= 11 is 1.79. The van der Waals surface area contributed by atoms with Gasteiger partial charge >= 0.3 is 0 Å². The first-order chi connectivity index (χ1) is 7.22. The van der Waals surface area contributed by atoms with E-state index in [1.165, 1.54) is 5.56 Å². The Bertz CT molecular complexity index is 271. The molecule has 1 unspecified atom stereocenters. The molecule has 0 bridgehead atoms. The van der Waals surface area contributed by atoms with Gasteiger partial charge in [-0.2, -0.15) is 11.8 Å². The van der Waals surface area contributed by atoms with E-state index in [-0.39, 0.29) is 6.04 Å². The molecule has 0 heterocycles. The van der Waals surface area contributed by atoms with Crippen molar-refractivity contribution in [2.24, 2.45) is 5.73 Å². The van der Waals surface area contributed by atoms with E-state index in [9.17, 15) is 0 Å². The highest BCUT2D eigenvalue weighted by Gasteiger charge is 1.98. The van der Waals surface area contributed by atoms with Crippen molar-refractivity contribution in [1.29, 1.82) is 0 Å². The Morgan fingerprint density at radius 3 is 2.53 bits per heavy atom. The third kappa shape index (κ3) is 5.09. The minimum absolute atomic E-state index is 0.216. The monoisotopic (exact) mass is 225 g/mol. The SMILES string of the molecule is CSCCOc1ccc(CC(C)N)cc1. The van der Waals surface area contributed by atoms with E-state index in [0.29, 0.717) is 0 Å². The van der Waals surface area contributed by atoms with Crippen molar-refractivity contribution in [3.63, 3.8) is 0 Å². The van der Waals surface area contributed by atoms with Gasteiger partial charge in [0, 0.05) is 11.8 Å². The topological polar surface area (TPSA) is 35.2 Å². The summed E-state index contributed by atoms with van der Waals surface area (Å²) in [7, 11) is 0. The average Bonchev–Trinajstić information content (AvgIpc) is 2.20. The van der Waals surface area contributed by atoms with Crippen molar-refractivity contribution in [2.75, 3.05) is 18.6 Å². The first-order valence-electron chi connectivity index (χ1n) is 5.18. The number of rotatable bonds is 6. The summed E-state index contributed by atoms with van der Waals surface area (Å²) in [6.45, 7) is 2.79. The molecule has 0 aliphatic carbocycles. The van der Waals surface area contributed by atoms with Gasteiger partial charge in [-0.05, 0) is 37.3 Å². The molecule has 1 atom stereocenters. The van der Waals surface area contributed by atoms with E-state index in [0.717, 1.165) is 24.5 Å². The van der Waals surface area contributed by atoms with Crippen LogP contribution in [0, 0.1) is 0 Å². The molecular weight excluding hydrogens is 206 g/mol. The zero-order valence-electron chi connectivity index (χ0n) is 9.40. The lowest BCUT2D eigenvalue weighted by Crippen LogP contribution is -2.17. The second-order valence-corrected chi connectivity index (χ2v) is 4.65. The molecule has 0 fully saturated rings. The van der Waals surface area contributed by atoms with E-state index in [1.54, 1.807) is 11.8 Å². The minimum Gasteiger partial charge on any atom is -0.493 e.